The summed E-state index contributed by atoms with van der Waals surface area (Å²) in [5, 5.41) is 0. The van der Waals surface area contributed by atoms with E-state index in [2.05, 4.69) is 16.1 Å². The van der Waals surface area contributed by atoms with Gasteiger partial charge in [-0.25, -0.2) is 4.79 Å². The highest BCUT2D eigenvalue weighted by Gasteiger charge is 2.19. The number of carbonyl (C=O) groups excluding carboxylic acids is 1. The van der Waals surface area contributed by atoms with Gasteiger partial charge in [-0.2, -0.15) is 0 Å². The maximum absolute atomic E-state index is 11.1. The summed E-state index contributed by atoms with van der Waals surface area (Å²) >= 11 is 0. The zero-order valence-corrected chi connectivity index (χ0v) is 8.52. The van der Waals surface area contributed by atoms with Gasteiger partial charge in [-0.1, -0.05) is 6.08 Å². The van der Waals surface area contributed by atoms with Crippen LogP contribution >= 0.6 is 0 Å². The summed E-state index contributed by atoms with van der Waals surface area (Å²) in [6.07, 6.45) is 0.838. The summed E-state index contributed by atoms with van der Waals surface area (Å²) in [5.74, 6) is -0.480. The van der Waals surface area contributed by atoms with Crippen molar-refractivity contribution in [3.05, 3.63) is 12.7 Å². The summed E-state index contributed by atoms with van der Waals surface area (Å²) in [7, 11) is 2.76. The predicted octanol–water partition coefficient (Wildman–Crippen LogP) is 0.351. The first-order valence-electron chi connectivity index (χ1n) is 4.13. The third-order valence-electron chi connectivity index (χ3n) is 1.36. The molecule has 0 rings (SSSR count). The maximum Gasteiger partial charge on any atom is 0.337 e. The van der Waals surface area contributed by atoms with E-state index in [0.29, 0.717) is 6.61 Å². The molecular weight excluding hydrogens is 188 g/mol. The molecule has 0 spiro atoms. The largest absolute Gasteiger partial charge is 0.467 e. The number of esters is 1. The summed E-state index contributed by atoms with van der Waals surface area (Å²) in [4.78, 5) is 11.1. The number of ether oxygens (including phenoxy) is 4. The highest BCUT2D eigenvalue weighted by Crippen LogP contribution is 1.97. The Morgan fingerprint density at radius 2 is 2.21 bits per heavy atom. The van der Waals surface area contributed by atoms with Crippen LogP contribution in [-0.4, -0.2) is 46.3 Å². The molecule has 0 fully saturated rings. The Labute approximate surface area is 83.6 Å². The van der Waals surface area contributed by atoms with Crippen LogP contribution in [0.15, 0.2) is 12.7 Å². The topological polar surface area (TPSA) is 54.0 Å². The van der Waals surface area contributed by atoms with Gasteiger partial charge in [-0.3, -0.25) is 0 Å². The second-order valence-corrected chi connectivity index (χ2v) is 2.41. The van der Waals surface area contributed by atoms with Gasteiger partial charge in [0.2, 0.25) is 0 Å². The van der Waals surface area contributed by atoms with Gasteiger partial charge in [0.1, 0.15) is 6.79 Å². The molecule has 82 valence electrons. The van der Waals surface area contributed by atoms with E-state index in [1.54, 1.807) is 6.08 Å². The molecular formula is C9H16O5. The van der Waals surface area contributed by atoms with Crippen molar-refractivity contribution in [3.8, 4) is 0 Å². The van der Waals surface area contributed by atoms with E-state index in [1.807, 2.05) is 0 Å². The Morgan fingerprint density at radius 3 is 2.71 bits per heavy atom. The first-order chi connectivity index (χ1) is 6.76. The number of methoxy groups -OCH3 is 2. The molecule has 5 nitrogen and oxygen atoms in total. The van der Waals surface area contributed by atoms with Crippen LogP contribution in [0.4, 0.5) is 0 Å². The Bertz CT molecular complexity index is 169. The van der Waals surface area contributed by atoms with E-state index in [4.69, 9.17) is 9.47 Å². The fourth-order valence-electron chi connectivity index (χ4n) is 0.724. The molecule has 0 saturated carbocycles. The molecule has 0 aromatic rings. The van der Waals surface area contributed by atoms with Crippen LogP contribution in [0.1, 0.15) is 0 Å². The van der Waals surface area contributed by atoms with Crippen molar-refractivity contribution >= 4 is 5.97 Å². The van der Waals surface area contributed by atoms with E-state index in [-0.39, 0.29) is 13.4 Å². The highest BCUT2D eigenvalue weighted by molar-refractivity contribution is 5.74. The average Bonchev–Trinajstić information content (AvgIpc) is 2.22. The van der Waals surface area contributed by atoms with Crippen LogP contribution in [0.3, 0.4) is 0 Å². The zero-order chi connectivity index (χ0) is 10.8. The predicted molar refractivity (Wildman–Crippen MR) is 49.8 cm³/mol. The Hall–Kier alpha value is -0.910. The highest BCUT2D eigenvalue weighted by atomic mass is 16.7. The first-order valence-corrected chi connectivity index (χ1v) is 4.13. The minimum Gasteiger partial charge on any atom is -0.467 e. The average molecular weight is 204 g/mol. The lowest BCUT2D eigenvalue weighted by molar-refractivity contribution is -0.167. The third kappa shape index (κ3) is 5.69. The van der Waals surface area contributed by atoms with E-state index in [1.165, 1.54) is 14.2 Å². The van der Waals surface area contributed by atoms with Crippen molar-refractivity contribution in [2.75, 3.05) is 34.2 Å². The van der Waals surface area contributed by atoms with Crippen LogP contribution in [0.2, 0.25) is 0 Å². The van der Waals surface area contributed by atoms with E-state index < -0.39 is 12.1 Å². The molecule has 0 aliphatic rings. The number of hydrogen-bond donors (Lipinski definition) is 0. The summed E-state index contributed by atoms with van der Waals surface area (Å²) in [5.41, 5.74) is 0. The second-order valence-electron chi connectivity index (χ2n) is 2.41. The lowest BCUT2D eigenvalue weighted by atomic mass is 10.4. The van der Waals surface area contributed by atoms with Crippen LogP contribution < -0.4 is 0 Å². The minimum absolute atomic E-state index is 0.0250. The summed E-state index contributed by atoms with van der Waals surface area (Å²) in [6.45, 7) is 3.99. The minimum atomic E-state index is -0.750. The quantitative estimate of drug-likeness (QED) is 0.247. The third-order valence-corrected chi connectivity index (χ3v) is 1.36. The molecule has 0 aliphatic heterocycles. The summed E-state index contributed by atoms with van der Waals surface area (Å²) < 4.78 is 19.3. The number of rotatable bonds is 8. The van der Waals surface area contributed by atoms with Crippen molar-refractivity contribution in [2.45, 2.75) is 6.10 Å². The van der Waals surface area contributed by atoms with Gasteiger partial charge in [0.25, 0.3) is 0 Å². The molecule has 0 aromatic heterocycles. The lowest BCUT2D eigenvalue weighted by Gasteiger charge is -2.14. The molecule has 5 heteroatoms. The van der Waals surface area contributed by atoms with Crippen LogP contribution in [0, 0.1) is 0 Å². The van der Waals surface area contributed by atoms with E-state index in [0.717, 1.165) is 0 Å². The molecule has 0 aliphatic carbocycles. The van der Waals surface area contributed by atoms with Crippen LogP contribution in [0.5, 0.6) is 0 Å². The number of carbonyl (C=O) groups is 1. The molecule has 0 amide bonds. The van der Waals surface area contributed by atoms with Gasteiger partial charge < -0.3 is 18.9 Å². The second kappa shape index (κ2) is 8.68. The molecule has 0 N–H and O–H groups in total. The van der Waals surface area contributed by atoms with Crippen molar-refractivity contribution in [3.63, 3.8) is 0 Å². The normalized spacial score (nSPS) is 12.1. The SMILES string of the molecule is C=CCOCC(OCOC)C(=O)OC. The van der Waals surface area contributed by atoms with Crippen molar-refractivity contribution in [1.82, 2.24) is 0 Å². The first kappa shape index (κ1) is 13.1. The fraction of sp³-hybridized carbons (Fsp3) is 0.667. The van der Waals surface area contributed by atoms with Gasteiger partial charge in [0.15, 0.2) is 6.10 Å². The molecule has 14 heavy (non-hydrogen) atoms. The van der Waals surface area contributed by atoms with Gasteiger partial charge in [-0.05, 0) is 0 Å². The zero-order valence-electron chi connectivity index (χ0n) is 8.52. The molecule has 1 atom stereocenters. The molecule has 0 saturated heterocycles. The van der Waals surface area contributed by atoms with Crippen molar-refractivity contribution in [1.29, 1.82) is 0 Å². The molecule has 0 radical (unpaired) electrons. The molecule has 1 unspecified atom stereocenters. The monoisotopic (exact) mass is 204 g/mol. The van der Waals surface area contributed by atoms with Gasteiger partial charge >= 0.3 is 5.97 Å². The Morgan fingerprint density at radius 1 is 1.50 bits per heavy atom. The molecule has 0 aromatic carbocycles. The fourth-order valence-corrected chi connectivity index (χ4v) is 0.724. The standard InChI is InChI=1S/C9H16O5/c1-4-5-13-6-8(9(10)12-3)14-7-11-2/h4,8H,1,5-7H2,2-3H3. The van der Waals surface area contributed by atoms with E-state index in [9.17, 15) is 4.79 Å². The number of hydrogen-bond acceptors (Lipinski definition) is 5. The van der Waals surface area contributed by atoms with Crippen LogP contribution in [-0.2, 0) is 23.7 Å². The smallest absolute Gasteiger partial charge is 0.337 e. The van der Waals surface area contributed by atoms with Gasteiger partial charge in [-0.15, -0.1) is 6.58 Å². The molecule has 0 bridgehead atoms. The summed E-state index contributed by atoms with van der Waals surface area (Å²) in [6, 6.07) is 0. The van der Waals surface area contributed by atoms with E-state index >= 15 is 0 Å². The van der Waals surface area contributed by atoms with Crippen molar-refractivity contribution in [2.24, 2.45) is 0 Å². The molecule has 0 heterocycles. The Balaban J connectivity index is 3.83. The lowest BCUT2D eigenvalue weighted by Crippen LogP contribution is -2.31. The van der Waals surface area contributed by atoms with Gasteiger partial charge in [0, 0.05) is 7.11 Å². The maximum atomic E-state index is 11.1. The van der Waals surface area contributed by atoms with Crippen LogP contribution in [0.25, 0.3) is 0 Å². The van der Waals surface area contributed by atoms with Gasteiger partial charge in [0.05, 0.1) is 20.3 Å². The Kier molecular flexibility index (Phi) is 8.11. The van der Waals surface area contributed by atoms with Crippen molar-refractivity contribution < 1.29 is 23.7 Å².